The Labute approximate surface area is 168 Å². The number of aromatic hydroxyl groups is 1. The molecule has 0 aliphatic rings. The van der Waals surface area contributed by atoms with Crippen LogP contribution in [-0.4, -0.2) is 53.9 Å². The molecule has 152 valence electrons. The van der Waals surface area contributed by atoms with Gasteiger partial charge in [-0.1, -0.05) is 0 Å². The maximum Gasteiger partial charge on any atom is 0.338 e. The number of rotatable bonds is 6. The van der Waals surface area contributed by atoms with Crippen molar-refractivity contribution in [2.75, 3.05) is 32.2 Å². The van der Waals surface area contributed by atoms with Crippen molar-refractivity contribution in [3.8, 4) is 11.4 Å². The van der Waals surface area contributed by atoms with Crippen LogP contribution in [0, 0.1) is 0 Å². The lowest BCUT2D eigenvalue weighted by molar-refractivity contribution is 0.0555. The van der Waals surface area contributed by atoms with Crippen molar-refractivity contribution in [3.63, 3.8) is 0 Å². The summed E-state index contributed by atoms with van der Waals surface area (Å²) in [6.07, 6.45) is 1.53. The molecule has 0 aliphatic carbocycles. The van der Waals surface area contributed by atoms with Crippen LogP contribution in [0.1, 0.15) is 34.6 Å². The summed E-state index contributed by atoms with van der Waals surface area (Å²) >= 11 is 0. The lowest BCUT2D eigenvalue weighted by atomic mass is 10.1. The molecule has 1 heterocycles. The van der Waals surface area contributed by atoms with E-state index in [1.807, 2.05) is 19.9 Å². The summed E-state index contributed by atoms with van der Waals surface area (Å²) in [7, 11) is 2.48. The minimum absolute atomic E-state index is 0.0628. The SMILES string of the molecule is CCN(CC)c1ccc(-n2cnc3cc(C(=O)OC)c(C(=O)OC)cc32)c(O)c1. The molecule has 2 aromatic carbocycles. The highest BCUT2D eigenvalue weighted by molar-refractivity contribution is 6.06. The van der Waals surface area contributed by atoms with Gasteiger partial charge in [0.2, 0.25) is 0 Å². The number of hydrogen-bond donors (Lipinski definition) is 1. The number of anilines is 1. The van der Waals surface area contributed by atoms with Crippen LogP contribution < -0.4 is 4.90 Å². The van der Waals surface area contributed by atoms with Crippen molar-refractivity contribution in [2.45, 2.75) is 13.8 Å². The summed E-state index contributed by atoms with van der Waals surface area (Å²) in [6.45, 7) is 5.74. The number of aromatic nitrogens is 2. The van der Waals surface area contributed by atoms with Crippen LogP contribution >= 0.6 is 0 Å². The number of ether oxygens (including phenoxy) is 2. The van der Waals surface area contributed by atoms with Crippen LogP contribution in [-0.2, 0) is 9.47 Å². The van der Waals surface area contributed by atoms with Gasteiger partial charge < -0.3 is 19.5 Å². The first-order valence-corrected chi connectivity index (χ1v) is 9.21. The Balaban J connectivity index is 2.16. The van der Waals surface area contributed by atoms with Gasteiger partial charge in [-0.25, -0.2) is 14.6 Å². The molecule has 1 aromatic heterocycles. The zero-order valence-electron chi connectivity index (χ0n) is 16.8. The van der Waals surface area contributed by atoms with Gasteiger partial charge in [-0.15, -0.1) is 0 Å². The van der Waals surface area contributed by atoms with E-state index in [0.717, 1.165) is 18.8 Å². The minimum atomic E-state index is -0.666. The van der Waals surface area contributed by atoms with Crippen LogP contribution in [0.25, 0.3) is 16.7 Å². The molecule has 0 amide bonds. The predicted octanol–water partition coefficient (Wildman–Crippen LogP) is 3.15. The van der Waals surface area contributed by atoms with Gasteiger partial charge in [0.05, 0.1) is 42.1 Å². The van der Waals surface area contributed by atoms with Gasteiger partial charge in [0.25, 0.3) is 0 Å². The number of phenols is 1. The lowest BCUT2D eigenvalue weighted by Gasteiger charge is -2.21. The Morgan fingerprint density at radius 1 is 1.03 bits per heavy atom. The Morgan fingerprint density at radius 2 is 1.66 bits per heavy atom. The first-order valence-electron chi connectivity index (χ1n) is 9.21. The molecule has 0 aliphatic heterocycles. The van der Waals surface area contributed by atoms with E-state index in [4.69, 9.17) is 9.47 Å². The first-order chi connectivity index (χ1) is 13.9. The molecule has 0 unspecified atom stereocenters. The zero-order chi connectivity index (χ0) is 21.1. The minimum Gasteiger partial charge on any atom is -0.506 e. The van der Waals surface area contributed by atoms with Gasteiger partial charge in [0, 0.05) is 24.8 Å². The third-order valence-corrected chi connectivity index (χ3v) is 4.84. The molecule has 0 bridgehead atoms. The standard InChI is InChI=1S/C21H23N3O5/c1-5-23(6-2)13-7-8-17(19(25)9-13)24-12-22-16-10-14(20(26)28-3)15(11-18(16)24)21(27)29-4/h7-12,25H,5-6H2,1-4H3. The summed E-state index contributed by atoms with van der Waals surface area (Å²) < 4.78 is 11.2. The Kier molecular flexibility index (Phi) is 5.72. The average Bonchev–Trinajstić information content (AvgIpc) is 3.15. The molecule has 0 atom stereocenters. The third-order valence-electron chi connectivity index (χ3n) is 4.84. The van der Waals surface area contributed by atoms with Crippen molar-refractivity contribution in [2.24, 2.45) is 0 Å². The largest absolute Gasteiger partial charge is 0.506 e. The third kappa shape index (κ3) is 3.61. The summed E-state index contributed by atoms with van der Waals surface area (Å²) in [5.41, 5.74) is 2.56. The molecule has 0 saturated heterocycles. The van der Waals surface area contributed by atoms with E-state index < -0.39 is 11.9 Å². The fourth-order valence-corrected chi connectivity index (χ4v) is 3.31. The number of phenolic OH excluding ortho intramolecular Hbond substituents is 1. The predicted molar refractivity (Wildman–Crippen MR) is 109 cm³/mol. The van der Waals surface area contributed by atoms with Gasteiger partial charge in [0.1, 0.15) is 12.1 Å². The number of carbonyl (C=O) groups is 2. The molecule has 0 radical (unpaired) electrons. The second-order valence-corrected chi connectivity index (χ2v) is 6.33. The van der Waals surface area contributed by atoms with Gasteiger partial charge >= 0.3 is 11.9 Å². The van der Waals surface area contributed by atoms with Crippen molar-refractivity contribution >= 4 is 28.7 Å². The monoisotopic (exact) mass is 397 g/mol. The molecule has 8 heteroatoms. The van der Waals surface area contributed by atoms with E-state index in [9.17, 15) is 14.7 Å². The fourth-order valence-electron chi connectivity index (χ4n) is 3.31. The molecular weight excluding hydrogens is 374 g/mol. The lowest BCUT2D eigenvalue weighted by Crippen LogP contribution is -2.21. The van der Waals surface area contributed by atoms with Crippen LogP contribution in [0.3, 0.4) is 0 Å². The second-order valence-electron chi connectivity index (χ2n) is 6.33. The number of fused-ring (bicyclic) bond motifs is 1. The second kappa shape index (κ2) is 8.22. The van der Waals surface area contributed by atoms with Crippen molar-refractivity contribution in [3.05, 3.63) is 47.8 Å². The molecule has 3 rings (SSSR count). The molecule has 0 saturated carbocycles. The average molecular weight is 397 g/mol. The number of carbonyl (C=O) groups excluding carboxylic acids is 2. The van der Waals surface area contributed by atoms with Crippen molar-refractivity contribution in [1.82, 2.24) is 9.55 Å². The van der Waals surface area contributed by atoms with Gasteiger partial charge in [-0.3, -0.25) is 4.57 Å². The smallest absolute Gasteiger partial charge is 0.338 e. The summed E-state index contributed by atoms with van der Waals surface area (Å²) in [5.74, 6) is -1.25. The van der Waals surface area contributed by atoms with E-state index in [0.29, 0.717) is 16.7 Å². The van der Waals surface area contributed by atoms with E-state index in [2.05, 4.69) is 9.88 Å². The van der Waals surface area contributed by atoms with Crippen LogP contribution in [0.5, 0.6) is 5.75 Å². The Morgan fingerprint density at radius 3 is 2.21 bits per heavy atom. The van der Waals surface area contributed by atoms with Gasteiger partial charge in [0.15, 0.2) is 0 Å². The maximum absolute atomic E-state index is 12.2. The number of imidazole rings is 1. The van der Waals surface area contributed by atoms with Crippen molar-refractivity contribution < 1.29 is 24.2 Å². The topological polar surface area (TPSA) is 93.9 Å². The molecule has 29 heavy (non-hydrogen) atoms. The van der Waals surface area contributed by atoms with Gasteiger partial charge in [-0.05, 0) is 38.1 Å². The van der Waals surface area contributed by atoms with E-state index in [1.165, 1.54) is 32.7 Å². The molecule has 3 aromatic rings. The van der Waals surface area contributed by atoms with Crippen LogP contribution in [0.15, 0.2) is 36.7 Å². The molecule has 8 nitrogen and oxygen atoms in total. The normalized spacial score (nSPS) is 10.8. The number of methoxy groups -OCH3 is 2. The summed E-state index contributed by atoms with van der Waals surface area (Å²) in [6, 6.07) is 8.38. The van der Waals surface area contributed by atoms with E-state index in [1.54, 1.807) is 16.7 Å². The highest BCUT2D eigenvalue weighted by Gasteiger charge is 2.22. The molecule has 1 N–H and O–H groups in total. The number of nitrogens with zero attached hydrogens (tertiary/aromatic N) is 3. The summed E-state index contributed by atoms with van der Waals surface area (Å²) in [4.78, 5) is 30.7. The highest BCUT2D eigenvalue weighted by Crippen LogP contribution is 2.31. The van der Waals surface area contributed by atoms with Crippen molar-refractivity contribution in [1.29, 1.82) is 0 Å². The van der Waals surface area contributed by atoms with Crippen LogP contribution in [0.4, 0.5) is 5.69 Å². The number of esters is 2. The van der Waals surface area contributed by atoms with Crippen LogP contribution in [0.2, 0.25) is 0 Å². The Bertz CT molecular complexity index is 1070. The number of benzene rings is 2. The molecule has 0 fully saturated rings. The maximum atomic E-state index is 12.2. The Hall–Kier alpha value is -3.55. The fraction of sp³-hybridized carbons (Fsp3) is 0.286. The number of hydrogen-bond acceptors (Lipinski definition) is 7. The first kappa shape index (κ1) is 20.2. The van der Waals surface area contributed by atoms with E-state index >= 15 is 0 Å². The summed E-state index contributed by atoms with van der Waals surface area (Å²) in [5, 5.41) is 10.6. The van der Waals surface area contributed by atoms with E-state index in [-0.39, 0.29) is 16.9 Å². The quantitative estimate of drug-likeness (QED) is 0.639. The highest BCUT2D eigenvalue weighted by atomic mass is 16.5. The molecular formula is C21H23N3O5. The van der Waals surface area contributed by atoms with Gasteiger partial charge in [-0.2, -0.15) is 0 Å². The molecule has 0 spiro atoms. The zero-order valence-corrected chi connectivity index (χ0v) is 16.8.